The fourth-order valence-electron chi connectivity index (χ4n) is 2.12. The van der Waals surface area contributed by atoms with Crippen LogP contribution in [0.1, 0.15) is 25.1 Å². The SMILES string of the molecule is COc1cc2nc(CCCCCN)[nH]c2cc1OC. The number of fused-ring (bicyclic) bond motifs is 1. The van der Waals surface area contributed by atoms with E-state index in [0.717, 1.165) is 49.1 Å². The molecule has 0 unspecified atom stereocenters. The van der Waals surface area contributed by atoms with Crippen molar-refractivity contribution in [2.45, 2.75) is 25.7 Å². The molecule has 0 spiro atoms. The maximum atomic E-state index is 5.48. The number of nitrogens with one attached hydrogen (secondary N) is 1. The highest BCUT2D eigenvalue weighted by Crippen LogP contribution is 2.31. The molecule has 0 aliphatic rings. The van der Waals surface area contributed by atoms with E-state index in [2.05, 4.69) is 9.97 Å². The van der Waals surface area contributed by atoms with E-state index >= 15 is 0 Å². The van der Waals surface area contributed by atoms with E-state index in [4.69, 9.17) is 15.2 Å². The number of hydrogen-bond donors (Lipinski definition) is 2. The molecule has 0 aliphatic heterocycles. The van der Waals surface area contributed by atoms with Crippen LogP contribution in [0.3, 0.4) is 0 Å². The van der Waals surface area contributed by atoms with Gasteiger partial charge in [-0.1, -0.05) is 6.42 Å². The first kappa shape index (κ1) is 13.7. The summed E-state index contributed by atoms with van der Waals surface area (Å²) in [6.07, 6.45) is 4.26. The number of nitrogens with two attached hydrogens (primary N) is 1. The molecule has 0 radical (unpaired) electrons. The lowest BCUT2D eigenvalue weighted by Gasteiger charge is -2.06. The molecule has 0 bridgehead atoms. The first-order chi connectivity index (χ1) is 9.28. The zero-order valence-electron chi connectivity index (χ0n) is 11.5. The Labute approximate surface area is 113 Å². The van der Waals surface area contributed by atoms with Gasteiger partial charge in [0.15, 0.2) is 11.5 Å². The zero-order chi connectivity index (χ0) is 13.7. The first-order valence-electron chi connectivity index (χ1n) is 6.59. The molecular formula is C14H21N3O2. The normalized spacial score (nSPS) is 10.9. The molecule has 1 aromatic heterocycles. The van der Waals surface area contributed by atoms with Gasteiger partial charge in [0.1, 0.15) is 5.82 Å². The molecule has 0 saturated heterocycles. The standard InChI is InChI=1S/C14H21N3O2/c1-18-12-8-10-11(9-13(12)19-2)17-14(16-10)6-4-3-5-7-15/h8-9H,3-7,15H2,1-2H3,(H,16,17). The Morgan fingerprint density at radius 3 is 2.53 bits per heavy atom. The Hall–Kier alpha value is -1.75. The van der Waals surface area contributed by atoms with Gasteiger partial charge in [0, 0.05) is 18.6 Å². The summed E-state index contributed by atoms with van der Waals surface area (Å²) in [6.45, 7) is 0.758. The van der Waals surface area contributed by atoms with Gasteiger partial charge in [-0.25, -0.2) is 4.98 Å². The molecule has 5 heteroatoms. The summed E-state index contributed by atoms with van der Waals surface area (Å²) in [4.78, 5) is 7.89. The minimum atomic E-state index is 0.705. The quantitative estimate of drug-likeness (QED) is 0.751. The fourth-order valence-corrected chi connectivity index (χ4v) is 2.12. The fraction of sp³-hybridized carbons (Fsp3) is 0.500. The lowest BCUT2D eigenvalue weighted by atomic mass is 10.2. The molecule has 1 heterocycles. The van der Waals surface area contributed by atoms with Crippen LogP contribution in [0.4, 0.5) is 0 Å². The molecule has 0 fully saturated rings. The van der Waals surface area contributed by atoms with Crippen molar-refractivity contribution >= 4 is 11.0 Å². The van der Waals surface area contributed by atoms with Crippen molar-refractivity contribution in [1.29, 1.82) is 0 Å². The lowest BCUT2D eigenvalue weighted by Crippen LogP contribution is -1.98. The predicted molar refractivity (Wildman–Crippen MR) is 75.8 cm³/mol. The number of H-pyrrole nitrogens is 1. The molecule has 1 aromatic carbocycles. The minimum Gasteiger partial charge on any atom is -0.493 e. The smallest absolute Gasteiger partial charge is 0.163 e. The second-order valence-electron chi connectivity index (χ2n) is 4.51. The average Bonchev–Trinajstić information content (AvgIpc) is 2.83. The highest BCUT2D eigenvalue weighted by atomic mass is 16.5. The second kappa shape index (κ2) is 6.43. The van der Waals surface area contributed by atoms with E-state index in [-0.39, 0.29) is 0 Å². The number of unbranched alkanes of at least 4 members (excludes halogenated alkanes) is 2. The summed E-state index contributed by atoms with van der Waals surface area (Å²) < 4.78 is 10.6. The number of nitrogens with zero attached hydrogens (tertiary/aromatic N) is 1. The van der Waals surface area contributed by atoms with Gasteiger partial charge in [-0.3, -0.25) is 0 Å². The number of rotatable bonds is 7. The van der Waals surface area contributed by atoms with E-state index in [1.54, 1.807) is 14.2 Å². The summed E-state index contributed by atoms with van der Waals surface area (Å²) in [5.41, 5.74) is 7.37. The zero-order valence-corrected chi connectivity index (χ0v) is 11.5. The van der Waals surface area contributed by atoms with Crippen molar-refractivity contribution in [3.63, 3.8) is 0 Å². The van der Waals surface area contributed by atoms with Gasteiger partial charge in [0.25, 0.3) is 0 Å². The van der Waals surface area contributed by atoms with Crippen LogP contribution < -0.4 is 15.2 Å². The van der Waals surface area contributed by atoms with Gasteiger partial charge in [-0.15, -0.1) is 0 Å². The Morgan fingerprint density at radius 2 is 1.84 bits per heavy atom. The average molecular weight is 263 g/mol. The Balaban J connectivity index is 2.15. The van der Waals surface area contributed by atoms with E-state index in [1.807, 2.05) is 12.1 Å². The molecular weight excluding hydrogens is 242 g/mol. The Morgan fingerprint density at radius 1 is 1.11 bits per heavy atom. The van der Waals surface area contributed by atoms with Crippen molar-refractivity contribution in [3.8, 4) is 11.5 Å². The predicted octanol–water partition coefficient (Wildman–Crippen LogP) is 2.25. The van der Waals surface area contributed by atoms with Crippen LogP contribution in [-0.2, 0) is 6.42 Å². The lowest BCUT2D eigenvalue weighted by molar-refractivity contribution is 0.356. The van der Waals surface area contributed by atoms with E-state index in [9.17, 15) is 0 Å². The van der Waals surface area contributed by atoms with Crippen LogP contribution in [0.25, 0.3) is 11.0 Å². The molecule has 5 nitrogen and oxygen atoms in total. The molecule has 0 amide bonds. The van der Waals surface area contributed by atoms with Crippen LogP contribution in [-0.4, -0.2) is 30.7 Å². The number of benzene rings is 1. The van der Waals surface area contributed by atoms with Crippen molar-refractivity contribution in [2.24, 2.45) is 5.73 Å². The molecule has 0 atom stereocenters. The number of methoxy groups -OCH3 is 2. The highest BCUT2D eigenvalue weighted by Gasteiger charge is 2.09. The number of hydrogen-bond acceptors (Lipinski definition) is 4. The van der Waals surface area contributed by atoms with Crippen LogP contribution in [0.2, 0.25) is 0 Å². The minimum absolute atomic E-state index is 0.705. The summed E-state index contributed by atoms with van der Waals surface area (Å²) in [6, 6.07) is 3.82. The maximum Gasteiger partial charge on any atom is 0.163 e. The third-order valence-corrected chi connectivity index (χ3v) is 3.15. The second-order valence-corrected chi connectivity index (χ2v) is 4.51. The van der Waals surface area contributed by atoms with Crippen LogP contribution in [0, 0.1) is 0 Å². The van der Waals surface area contributed by atoms with Crippen LogP contribution in [0.15, 0.2) is 12.1 Å². The number of aryl methyl sites for hydroxylation is 1. The topological polar surface area (TPSA) is 73.2 Å². The van der Waals surface area contributed by atoms with Gasteiger partial charge >= 0.3 is 0 Å². The van der Waals surface area contributed by atoms with Crippen molar-refractivity contribution < 1.29 is 9.47 Å². The molecule has 0 aliphatic carbocycles. The van der Waals surface area contributed by atoms with Crippen molar-refractivity contribution in [1.82, 2.24) is 9.97 Å². The van der Waals surface area contributed by atoms with Crippen molar-refractivity contribution in [2.75, 3.05) is 20.8 Å². The summed E-state index contributed by atoms with van der Waals surface area (Å²) in [5, 5.41) is 0. The van der Waals surface area contributed by atoms with Gasteiger partial charge in [0.05, 0.1) is 25.3 Å². The molecule has 3 N–H and O–H groups in total. The summed E-state index contributed by atoms with van der Waals surface area (Å²) in [7, 11) is 3.26. The van der Waals surface area contributed by atoms with Crippen LogP contribution >= 0.6 is 0 Å². The monoisotopic (exact) mass is 263 g/mol. The van der Waals surface area contributed by atoms with Gasteiger partial charge in [0.2, 0.25) is 0 Å². The van der Waals surface area contributed by atoms with E-state index in [0.29, 0.717) is 11.5 Å². The van der Waals surface area contributed by atoms with Gasteiger partial charge in [-0.2, -0.15) is 0 Å². The van der Waals surface area contributed by atoms with Gasteiger partial charge < -0.3 is 20.2 Å². The highest BCUT2D eigenvalue weighted by molar-refractivity contribution is 5.79. The Bertz CT molecular complexity index is 496. The summed E-state index contributed by atoms with van der Waals surface area (Å²) >= 11 is 0. The molecule has 0 saturated carbocycles. The molecule has 19 heavy (non-hydrogen) atoms. The summed E-state index contributed by atoms with van der Waals surface area (Å²) in [5.74, 6) is 2.42. The number of imidazole rings is 1. The first-order valence-corrected chi connectivity index (χ1v) is 6.59. The molecule has 2 rings (SSSR count). The molecule has 104 valence electrons. The number of ether oxygens (including phenoxy) is 2. The van der Waals surface area contributed by atoms with Gasteiger partial charge in [-0.05, 0) is 19.4 Å². The maximum absolute atomic E-state index is 5.48. The third-order valence-electron chi connectivity index (χ3n) is 3.15. The Kier molecular flexibility index (Phi) is 4.63. The van der Waals surface area contributed by atoms with E-state index in [1.165, 1.54) is 0 Å². The molecule has 2 aromatic rings. The number of aromatic nitrogens is 2. The van der Waals surface area contributed by atoms with E-state index < -0.39 is 0 Å². The third kappa shape index (κ3) is 3.17. The number of aromatic amines is 1. The van der Waals surface area contributed by atoms with Crippen molar-refractivity contribution in [3.05, 3.63) is 18.0 Å². The largest absolute Gasteiger partial charge is 0.493 e. The van der Waals surface area contributed by atoms with Crippen LogP contribution in [0.5, 0.6) is 11.5 Å².